The van der Waals surface area contributed by atoms with Gasteiger partial charge in [-0.2, -0.15) is 5.10 Å². The normalized spacial score (nSPS) is 18.2. The van der Waals surface area contributed by atoms with Crippen LogP contribution in [0.15, 0.2) is 6.20 Å². The quantitative estimate of drug-likeness (QED) is 0.876. The van der Waals surface area contributed by atoms with E-state index >= 15 is 0 Å². The maximum absolute atomic E-state index is 12.2. The summed E-state index contributed by atoms with van der Waals surface area (Å²) in [6.07, 6.45) is 6.66. The molecule has 2 amide bonds. The Balaban J connectivity index is 1.82. The lowest BCUT2D eigenvalue weighted by atomic mass is 10.1. The number of rotatable bonds is 6. The van der Waals surface area contributed by atoms with Gasteiger partial charge in [0.05, 0.1) is 5.69 Å². The fourth-order valence-corrected chi connectivity index (χ4v) is 2.80. The Kier molecular flexibility index (Phi) is 5.65. The SMILES string of the molecule is CCCCn1cc(CNC(=O)N2CC[C@H](CC)C2)c(C)n1. The van der Waals surface area contributed by atoms with Crippen LogP contribution in [-0.2, 0) is 13.1 Å². The smallest absolute Gasteiger partial charge is 0.317 e. The second-order valence-corrected chi connectivity index (χ2v) is 6.02. The Morgan fingerprint density at radius 3 is 2.95 bits per heavy atom. The number of carbonyl (C=O) groups is 1. The molecule has 5 heteroatoms. The summed E-state index contributed by atoms with van der Waals surface area (Å²) in [4.78, 5) is 14.1. The minimum atomic E-state index is 0.0617. The van der Waals surface area contributed by atoms with Gasteiger partial charge in [-0.15, -0.1) is 0 Å². The third kappa shape index (κ3) is 4.22. The zero-order valence-electron chi connectivity index (χ0n) is 13.6. The summed E-state index contributed by atoms with van der Waals surface area (Å²) in [5.41, 5.74) is 2.13. The van der Waals surface area contributed by atoms with Crippen LogP contribution in [0.25, 0.3) is 0 Å². The molecule has 0 radical (unpaired) electrons. The standard InChI is InChI=1S/C16H28N4O/c1-4-6-8-20-12-15(13(3)18-20)10-17-16(21)19-9-7-14(5-2)11-19/h12,14H,4-11H2,1-3H3,(H,17,21)/t14-/m0/s1. The molecule has 1 atom stereocenters. The van der Waals surface area contributed by atoms with Crippen LogP contribution in [0.3, 0.4) is 0 Å². The molecule has 2 heterocycles. The molecule has 1 N–H and O–H groups in total. The fourth-order valence-electron chi connectivity index (χ4n) is 2.80. The molecule has 1 aliphatic heterocycles. The van der Waals surface area contributed by atoms with E-state index < -0.39 is 0 Å². The number of likely N-dealkylation sites (tertiary alicyclic amines) is 1. The third-order valence-electron chi connectivity index (χ3n) is 4.37. The molecule has 0 saturated carbocycles. The van der Waals surface area contributed by atoms with E-state index in [4.69, 9.17) is 0 Å². The molecule has 0 unspecified atom stereocenters. The molecular weight excluding hydrogens is 264 g/mol. The zero-order chi connectivity index (χ0) is 15.2. The highest BCUT2D eigenvalue weighted by molar-refractivity contribution is 5.74. The topological polar surface area (TPSA) is 50.2 Å². The number of carbonyl (C=O) groups excluding carboxylic acids is 1. The number of amides is 2. The van der Waals surface area contributed by atoms with E-state index in [1.165, 1.54) is 6.42 Å². The van der Waals surface area contributed by atoms with Crippen LogP contribution in [0.1, 0.15) is 50.8 Å². The summed E-state index contributed by atoms with van der Waals surface area (Å²) in [5.74, 6) is 0.675. The predicted octanol–water partition coefficient (Wildman–Crippen LogP) is 2.93. The van der Waals surface area contributed by atoms with Crippen LogP contribution >= 0.6 is 0 Å². The van der Waals surface area contributed by atoms with Crippen LogP contribution in [0.4, 0.5) is 4.79 Å². The lowest BCUT2D eigenvalue weighted by molar-refractivity contribution is 0.206. The Morgan fingerprint density at radius 1 is 1.48 bits per heavy atom. The van der Waals surface area contributed by atoms with Crippen LogP contribution in [0.2, 0.25) is 0 Å². The van der Waals surface area contributed by atoms with Crippen molar-refractivity contribution in [3.63, 3.8) is 0 Å². The largest absolute Gasteiger partial charge is 0.334 e. The van der Waals surface area contributed by atoms with E-state index in [0.717, 1.165) is 50.2 Å². The Hall–Kier alpha value is -1.52. The molecule has 1 aromatic heterocycles. The first-order valence-corrected chi connectivity index (χ1v) is 8.19. The van der Waals surface area contributed by atoms with Gasteiger partial charge in [0.15, 0.2) is 0 Å². The van der Waals surface area contributed by atoms with Gasteiger partial charge in [0, 0.05) is 37.9 Å². The molecule has 1 fully saturated rings. The molecule has 1 aliphatic rings. The van der Waals surface area contributed by atoms with Crippen LogP contribution in [-0.4, -0.2) is 33.8 Å². The predicted molar refractivity (Wildman–Crippen MR) is 84.1 cm³/mol. The first-order valence-electron chi connectivity index (χ1n) is 8.19. The second kappa shape index (κ2) is 7.48. The van der Waals surface area contributed by atoms with Gasteiger partial charge in [-0.25, -0.2) is 4.79 Å². The summed E-state index contributed by atoms with van der Waals surface area (Å²) in [6.45, 7) is 9.69. The molecule has 1 aromatic rings. The minimum Gasteiger partial charge on any atom is -0.334 e. The Labute approximate surface area is 127 Å². The van der Waals surface area contributed by atoms with E-state index in [2.05, 4.69) is 30.5 Å². The highest BCUT2D eigenvalue weighted by Gasteiger charge is 2.24. The number of hydrogen-bond acceptors (Lipinski definition) is 2. The van der Waals surface area contributed by atoms with Crippen molar-refractivity contribution < 1.29 is 4.79 Å². The summed E-state index contributed by atoms with van der Waals surface area (Å²) in [7, 11) is 0. The van der Waals surface area contributed by atoms with Crippen LogP contribution in [0.5, 0.6) is 0 Å². The monoisotopic (exact) mass is 292 g/mol. The number of unbranched alkanes of at least 4 members (excludes halogenated alkanes) is 1. The molecule has 21 heavy (non-hydrogen) atoms. The molecule has 2 rings (SSSR count). The highest BCUT2D eigenvalue weighted by Crippen LogP contribution is 2.19. The molecule has 5 nitrogen and oxygen atoms in total. The van der Waals surface area contributed by atoms with Crippen molar-refractivity contribution in [1.82, 2.24) is 20.0 Å². The average Bonchev–Trinajstić information content (AvgIpc) is 3.09. The minimum absolute atomic E-state index is 0.0617. The van der Waals surface area contributed by atoms with Gasteiger partial charge in [-0.3, -0.25) is 4.68 Å². The van der Waals surface area contributed by atoms with E-state index in [-0.39, 0.29) is 6.03 Å². The van der Waals surface area contributed by atoms with E-state index in [1.54, 1.807) is 0 Å². The van der Waals surface area contributed by atoms with Crippen molar-refractivity contribution in [3.8, 4) is 0 Å². The molecular formula is C16H28N4O. The number of aromatic nitrogens is 2. The Bertz CT molecular complexity index is 469. The first-order chi connectivity index (χ1) is 10.1. The first kappa shape index (κ1) is 15.9. The summed E-state index contributed by atoms with van der Waals surface area (Å²) in [5, 5.41) is 7.53. The molecule has 0 aliphatic carbocycles. The van der Waals surface area contributed by atoms with Crippen molar-refractivity contribution in [2.24, 2.45) is 5.92 Å². The molecule has 0 aromatic carbocycles. The van der Waals surface area contributed by atoms with Crippen molar-refractivity contribution >= 4 is 6.03 Å². The van der Waals surface area contributed by atoms with Gasteiger partial charge in [0.25, 0.3) is 0 Å². The zero-order valence-corrected chi connectivity index (χ0v) is 13.6. The van der Waals surface area contributed by atoms with E-state index in [1.807, 2.05) is 16.5 Å². The number of nitrogens with zero attached hydrogens (tertiary/aromatic N) is 3. The van der Waals surface area contributed by atoms with Crippen molar-refractivity contribution in [2.45, 2.75) is 59.5 Å². The van der Waals surface area contributed by atoms with Crippen molar-refractivity contribution in [2.75, 3.05) is 13.1 Å². The van der Waals surface area contributed by atoms with Crippen molar-refractivity contribution in [3.05, 3.63) is 17.5 Å². The summed E-state index contributed by atoms with van der Waals surface area (Å²) < 4.78 is 1.99. The molecule has 0 bridgehead atoms. The lowest BCUT2D eigenvalue weighted by Crippen LogP contribution is -2.38. The maximum Gasteiger partial charge on any atom is 0.317 e. The van der Waals surface area contributed by atoms with Gasteiger partial charge in [0.1, 0.15) is 0 Å². The van der Waals surface area contributed by atoms with Crippen LogP contribution in [0, 0.1) is 12.8 Å². The molecule has 0 spiro atoms. The Morgan fingerprint density at radius 2 is 2.29 bits per heavy atom. The number of urea groups is 1. The average molecular weight is 292 g/mol. The number of nitrogens with one attached hydrogen (secondary N) is 1. The second-order valence-electron chi connectivity index (χ2n) is 6.02. The van der Waals surface area contributed by atoms with E-state index in [0.29, 0.717) is 12.5 Å². The lowest BCUT2D eigenvalue weighted by Gasteiger charge is -2.17. The summed E-state index contributed by atoms with van der Waals surface area (Å²) in [6, 6.07) is 0.0617. The summed E-state index contributed by atoms with van der Waals surface area (Å²) >= 11 is 0. The number of hydrogen-bond donors (Lipinski definition) is 1. The van der Waals surface area contributed by atoms with Crippen molar-refractivity contribution in [1.29, 1.82) is 0 Å². The van der Waals surface area contributed by atoms with Gasteiger partial charge >= 0.3 is 6.03 Å². The fraction of sp³-hybridized carbons (Fsp3) is 0.750. The van der Waals surface area contributed by atoms with Gasteiger partial charge in [0.2, 0.25) is 0 Å². The van der Waals surface area contributed by atoms with Gasteiger partial charge < -0.3 is 10.2 Å². The van der Waals surface area contributed by atoms with Gasteiger partial charge in [-0.05, 0) is 25.7 Å². The van der Waals surface area contributed by atoms with Gasteiger partial charge in [-0.1, -0.05) is 26.7 Å². The third-order valence-corrected chi connectivity index (χ3v) is 4.37. The maximum atomic E-state index is 12.2. The molecule has 1 saturated heterocycles. The van der Waals surface area contributed by atoms with Crippen LogP contribution < -0.4 is 5.32 Å². The molecule has 118 valence electrons. The number of aryl methyl sites for hydroxylation is 2. The highest BCUT2D eigenvalue weighted by atomic mass is 16.2. The van der Waals surface area contributed by atoms with E-state index in [9.17, 15) is 4.79 Å².